The number of nitrogens with one attached hydrogen (secondary N) is 2. The van der Waals surface area contributed by atoms with E-state index in [1.54, 1.807) is 12.1 Å². The number of morpholine rings is 1. The number of nitrogens with zero attached hydrogens (tertiary/aromatic N) is 1. The zero-order valence-corrected chi connectivity index (χ0v) is 18.6. The van der Waals surface area contributed by atoms with Crippen molar-refractivity contribution in [2.24, 2.45) is 0 Å². The van der Waals surface area contributed by atoms with Gasteiger partial charge in [0.05, 0.1) is 23.9 Å². The van der Waals surface area contributed by atoms with Crippen LogP contribution in [0.5, 0.6) is 0 Å². The molecule has 0 atom stereocenters. The van der Waals surface area contributed by atoms with Crippen LogP contribution in [-0.4, -0.2) is 72.2 Å². The van der Waals surface area contributed by atoms with Gasteiger partial charge in [0.15, 0.2) is 0 Å². The lowest BCUT2D eigenvalue weighted by atomic mass is 9.92. The lowest BCUT2D eigenvalue weighted by Gasteiger charge is -2.26. The third kappa shape index (κ3) is 6.24. The number of carbonyl (C=O) groups excluding carboxylic acids is 1. The van der Waals surface area contributed by atoms with Crippen molar-refractivity contribution in [1.82, 2.24) is 14.3 Å². The van der Waals surface area contributed by atoms with Gasteiger partial charge in [0.2, 0.25) is 26.0 Å². The summed E-state index contributed by atoms with van der Waals surface area (Å²) in [5.41, 5.74) is 2.27. The molecular formula is C19H29N3O6S2. The molecule has 3 rings (SSSR count). The maximum Gasteiger partial charge on any atom is 0.240 e. The summed E-state index contributed by atoms with van der Waals surface area (Å²) in [7, 11) is -7.13. The molecule has 0 saturated carbocycles. The molecular weight excluding hydrogens is 430 g/mol. The Morgan fingerprint density at radius 2 is 1.70 bits per heavy atom. The number of rotatable bonds is 9. The first-order valence-electron chi connectivity index (χ1n) is 10.2. The smallest absolute Gasteiger partial charge is 0.240 e. The van der Waals surface area contributed by atoms with Crippen molar-refractivity contribution in [3.8, 4) is 0 Å². The van der Waals surface area contributed by atoms with Gasteiger partial charge in [-0.15, -0.1) is 0 Å². The van der Waals surface area contributed by atoms with Gasteiger partial charge < -0.3 is 10.1 Å². The van der Waals surface area contributed by atoms with Crippen molar-refractivity contribution < 1.29 is 26.4 Å². The Morgan fingerprint density at radius 3 is 2.43 bits per heavy atom. The first kappa shape index (κ1) is 23.1. The third-order valence-electron chi connectivity index (χ3n) is 5.32. The van der Waals surface area contributed by atoms with Gasteiger partial charge in [-0.3, -0.25) is 4.79 Å². The van der Waals surface area contributed by atoms with Crippen LogP contribution in [0, 0.1) is 0 Å². The molecule has 168 valence electrons. The summed E-state index contributed by atoms with van der Waals surface area (Å²) in [6.45, 7) is 1.31. The molecule has 1 fully saturated rings. The van der Waals surface area contributed by atoms with Crippen LogP contribution in [-0.2, 0) is 42.4 Å². The van der Waals surface area contributed by atoms with E-state index in [0.29, 0.717) is 26.3 Å². The number of aryl methyl sites for hydroxylation is 2. The van der Waals surface area contributed by atoms with Crippen LogP contribution >= 0.6 is 0 Å². The third-order valence-corrected chi connectivity index (χ3v) is 8.65. The van der Waals surface area contributed by atoms with Crippen molar-refractivity contribution in [2.75, 3.05) is 45.1 Å². The SMILES string of the molecule is O=C(CCNS(=O)(=O)c1ccc2c(c1)CCCC2)NCCS(=O)(=O)N1CCOCC1. The number of carbonyl (C=O) groups is 1. The molecule has 0 bridgehead atoms. The second kappa shape index (κ2) is 10.2. The Labute approximate surface area is 178 Å². The molecule has 2 aliphatic rings. The number of sulfonamides is 2. The van der Waals surface area contributed by atoms with Crippen molar-refractivity contribution in [3.05, 3.63) is 29.3 Å². The van der Waals surface area contributed by atoms with E-state index in [4.69, 9.17) is 4.74 Å². The molecule has 11 heteroatoms. The highest BCUT2D eigenvalue weighted by molar-refractivity contribution is 7.89. The van der Waals surface area contributed by atoms with E-state index in [1.165, 1.54) is 9.87 Å². The first-order valence-corrected chi connectivity index (χ1v) is 13.3. The summed E-state index contributed by atoms with van der Waals surface area (Å²) in [5.74, 6) is -0.597. The van der Waals surface area contributed by atoms with Gasteiger partial charge in [0.25, 0.3) is 0 Å². The topological polar surface area (TPSA) is 122 Å². The van der Waals surface area contributed by atoms with E-state index in [-0.39, 0.29) is 30.2 Å². The molecule has 0 radical (unpaired) electrons. The van der Waals surface area contributed by atoms with Crippen LogP contribution < -0.4 is 10.0 Å². The number of fused-ring (bicyclic) bond motifs is 1. The average molecular weight is 460 g/mol. The minimum Gasteiger partial charge on any atom is -0.379 e. The maximum absolute atomic E-state index is 12.5. The van der Waals surface area contributed by atoms with Crippen LogP contribution in [0.25, 0.3) is 0 Å². The number of benzene rings is 1. The van der Waals surface area contributed by atoms with Crippen LogP contribution in [0.3, 0.4) is 0 Å². The fraction of sp³-hybridized carbons (Fsp3) is 0.632. The van der Waals surface area contributed by atoms with E-state index in [2.05, 4.69) is 10.0 Å². The molecule has 9 nitrogen and oxygen atoms in total. The Hall–Kier alpha value is -1.53. The van der Waals surface area contributed by atoms with E-state index >= 15 is 0 Å². The molecule has 1 aliphatic heterocycles. The molecule has 1 heterocycles. The van der Waals surface area contributed by atoms with E-state index in [9.17, 15) is 21.6 Å². The van der Waals surface area contributed by atoms with Crippen molar-refractivity contribution >= 4 is 26.0 Å². The summed E-state index contributed by atoms with van der Waals surface area (Å²) in [4.78, 5) is 12.2. The zero-order chi connectivity index (χ0) is 21.6. The van der Waals surface area contributed by atoms with E-state index in [1.807, 2.05) is 6.07 Å². The van der Waals surface area contributed by atoms with Gasteiger partial charge >= 0.3 is 0 Å². The van der Waals surface area contributed by atoms with Crippen LogP contribution in [0.4, 0.5) is 0 Å². The van der Waals surface area contributed by atoms with Gasteiger partial charge in [-0.25, -0.2) is 21.6 Å². The zero-order valence-electron chi connectivity index (χ0n) is 16.9. The van der Waals surface area contributed by atoms with Crippen molar-refractivity contribution in [1.29, 1.82) is 0 Å². The highest BCUT2D eigenvalue weighted by Gasteiger charge is 2.24. The molecule has 30 heavy (non-hydrogen) atoms. The van der Waals surface area contributed by atoms with Crippen LogP contribution in [0.1, 0.15) is 30.4 Å². The first-order chi connectivity index (χ1) is 14.3. The highest BCUT2D eigenvalue weighted by atomic mass is 32.2. The van der Waals surface area contributed by atoms with E-state index < -0.39 is 26.0 Å². The van der Waals surface area contributed by atoms with Gasteiger partial charge in [-0.05, 0) is 48.9 Å². The monoisotopic (exact) mass is 459 g/mol. The van der Waals surface area contributed by atoms with Crippen molar-refractivity contribution in [3.63, 3.8) is 0 Å². The Morgan fingerprint density at radius 1 is 1.00 bits per heavy atom. The van der Waals surface area contributed by atoms with Crippen molar-refractivity contribution in [2.45, 2.75) is 37.0 Å². The van der Waals surface area contributed by atoms with Gasteiger partial charge in [0, 0.05) is 32.6 Å². The van der Waals surface area contributed by atoms with Gasteiger partial charge in [0.1, 0.15) is 0 Å². The lowest BCUT2D eigenvalue weighted by Crippen LogP contribution is -2.44. The molecule has 2 N–H and O–H groups in total. The minimum absolute atomic E-state index is 0.0178. The molecule has 0 aromatic heterocycles. The maximum atomic E-state index is 12.5. The molecule has 0 spiro atoms. The number of hydrogen-bond donors (Lipinski definition) is 2. The van der Waals surface area contributed by atoms with Crippen LogP contribution in [0.2, 0.25) is 0 Å². The average Bonchev–Trinajstić information content (AvgIpc) is 2.74. The highest BCUT2D eigenvalue weighted by Crippen LogP contribution is 2.24. The predicted molar refractivity (Wildman–Crippen MR) is 112 cm³/mol. The molecule has 1 aliphatic carbocycles. The summed E-state index contributed by atoms with van der Waals surface area (Å²) in [6, 6.07) is 5.18. The van der Waals surface area contributed by atoms with Gasteiger partial charge in [-0.1, -0.05) is 6.07 Å². The van der Waals surface area contributed by atoms with Crippen LogP contribution in [0.15, 0.2) is 23.1 Å². The summed E-state index contributed by atoms with van der Waals surface area (Å²) in [5, 5.41) is 2.53. The molecule has 0 unspecified atom stereocenters. The summed E-state index contributed by atoms with van der Waals surface area (Å²) < 4.78 is 58.3. The molecule has 1 aromatic carbocycles. The molecule has 1 amide bonds. The normalized spacial score (nSPS) is 18.0. The Kier molecular flexibility index (Phi) is 7.86. The predicted octanol–water partition coefficient (Wildman–Crippen LogP) is 0.0120. The fourth-order valence-electron chi connectivity index (χ4n) is 3.62. The van der Waals surface area contributed by atoms with E-state index in [0.717, 1.165) is 31.2 Å². The second-order valence-electron chi connectivity index (χ2n) is 7.46. The molecule has 1 aromatic rings. The standard InChI is InChI=1S/C19H29N3O6S2/c23-19(20-9-14-29(24,25)22-10-12-28-13-11-22)7-8-21-30(26,27)18-6-5-16-3-1-2-4-17(16)15-18/h5-6,15,21H,1-4,7-14H2,(H,20,23). The summed E-state index contributed by atoms with van der Waals surface area (Å²) >= 11 is 0. The molecule has 1 saturated heterocycles. The number of ether oxygens (including phenoxy) is 1. The number of amides is 1. The largest absolute Gasteiger partial charge is 0.379 e. The summed E-state index contributed by atoms with van der Waals surface area (Å²) in [6.07, 6.45) is 3.98. The Balaban J connectivity index is 1.41. The lowest BCUT2D eigenvalue weighted by molar-refractivity contribution is -0.120. The van der Waals surface area contributed by atoms with Gasteiger partial charge in [-0.2, -0.15) is 4.31 Å². The second-order valence-corrected chi connectivity index (χ2v) is 11.3. The Bertz CT molecular complexity index is 956. The minimum atomic E-state index is -3.69. The number of hydrogen-bond acceptors (Lipinski definition) is 6. The fourth-order valence-corrected chi connectivity index (χ4v) is 6.03. The quantitative estimate of drug-likeness (QED) is 0.537.